The summed E-state index contributed by atoms with van der Waals surface area (Å²) in [6.45, 7) is 6.30. The molecule has 0 fully saturated rings. The quantitative estimate of drug-likeness (QED) is 0.384. The number of azo groups is 1. The van der Waals surface area contributed by atoms with E-state index in [1.54, 1.807) is 33.9 Å². The van der Waals surface area contributed by atoms with E-state index in [2.05, 4.69) is 41.4 Å². The second-order valence-electron chi connectivity index (χ2n) is 9.86. The molecule has 1 aliphatic heterocycles. The highest BCUT2D eigenvalue weighted by molar-refractivity contribution is 5.89. The molecule has 14 nitrogen and oxygen atoms in total. The van der Waals surface area contributed by atoms with Gasteiger partial charge in [0.2, 0.25) is 17.6 Å². The molecule has 14 heteroatoms. The molecule has 0 saturated carbocycles. The zero-order valence-corrected chi connectivity index (χ0v) is 22.2. The van der Waals surface area contributed by atoms with Gasteiger partial charge in [0.05, 0.1) is 17.7 Å². The molecule has 2 aromatic heterocycles. The van der Waals surface area contributed by atoms with E-state index >= 15 is 0 Å². The second kappa shape index (κ2) is 11.8. The monoisotopic (exact) mass is 537 g/mol. The first kappa shape index (κ1) is 27.4. The van der Waals surface area contributed by atoms with E-state index in [1.165, 1.54) is 10.9 Å². The van der Waals surface area contributed by atoms with Crippen LogP contribution in [0, 0.1) is 5.92 Å². The lowest BCUT2D eigenvalue weighted by Crippen LogP contribution is -2.28. The van der Waals surface area contributed by atoms with Crippen LogP contribution in [-0.4, -0.2) is 56.5 Å². The van der Waals surface area contributed by atoms with Crippen LogP contribution in [0.3, 0.4) is 0 Å². The zero-order chi connectivity index (χ0) is 28.0. The minimum absolute atomic E-state index is 0.159. The zero-order valence-electron chi connectivity index (χ0n) is 22.2. The highest BCUT2D eigenvalue weighted by Crippen LogP contribution is 2.27. The highest BCUT2D eigenvalue weighted by atomic mass is 16.6. The molecular formula is C25H31N9O5. The van der Waals surface area contributed by atoms with Gasteiger partial charge < -0.3 is 19.9 Å². The molecule has 3 heterocycles. The maximum atomic E-state index is 12.3. The molecule has 1 unspecified atom stereocenters. The summed E-state index contributed by atoms with van der Waals surface area (Å²) in [4.78, 5) is 40.7. The lowest BCUT2D eigenvalue weighted by molar-refractivity contribution is -0.121. The number of rotatable bonds is 10. The van der Waals surface area contributed by atoms with Crippen molar-refractivity contribution in [3.05, 3.63) is 47.8 Å². The standard InChI is InChI=1S/C25H31N9O5/c1-25(2,3)38-24(37)30-22-17(14-28-34(22)4)21-29-19(39-33-21)11-10-18(35)26-12-7-13-27-20-15-8-5-6-9-16(15)23(36)32-31-20/h5-6,8-9,14,16,27H,7,10-13H2,1-4H3,(H,26,35)(H,30,37). The van der Waals surface area contributed by atoms with Crippen molar-refractivity contribution in [3.63, 3.8) is 0 Å². The van der Waals surface area contributed by atoms with Crippen LogP contribution in [0.15, 0.2) is 56.6 Å². The lowest BCUT2D eigenvalue weighted by atomic mass is 9.93. The van der Waals surface area contributed by atoms with Gasteiger partial charge in [-0.05, 0) is 27.2 Å². The Bertz CT molecular complexity index is 1360. The number of aromatic nitrogens is 4. The van der Waals surface area contributed by atoms with Crippen molar-refractivity contribution in [2.45, 2.75) is 45.6 Å². The van der Waals surface area contributed by atoms with Gasteiger partial charge in [0.15, 0.2) is 5.82 Å². The molecule has 39 heavy (non-hydrogen) atoms. The smallest absolute Gasteiger partial charge is 0.413 e. The Morgan fingerprint density at radius 2 is 2.00 bits per heavy atom. The fourth-order valence-electron chi connectivity index (χ4n) is 3.79. The first-order valence-electron chi connectivity index (χ1n) is 12.5. The van der Waals surface area contributed by atoms with Crippen LogP contribution in [0.4, 0.5) is 10.6 Å². The average molecular weight is 538 g/mol. The van der Waals surface area contributed by atoms with Gasteiger partial charge in [-0.1, -0.05) is 29.5 Å². The van der Waals surface area contributed by atoms with Crippen LogP contribution in [0.1, 0.15) is 39.5 Å². The molecular weight excluding hydrogens is 506 g/mol. The van der Waals surface area contributed by atoms with Gasteiger partial charge in [0, 0.05) is 38.6 Å². The van der Waals surface area contributed by atoms with Gasteiger partial charge >= 0.3 is 6.09 Å². The van der Waals surface area contributed by atoms with E-state index in [1.807, 2.05) is 18.2 Å². The van der Waals surface area contributed by atoms with Crippen molar-refractivity contribution in [2.24, 2.45) is 23.2 Å². The summed E-state index contributed by atoms with van der Waals surface area (Å²) in [6, 6.07) is 0. The first-order valence-corrected chi connectivity index (χ1v) is 12.5. The number of carbonyl (C=O) groups excluding carboxylic acids is 3. The molecule has 0 aromatic carbocycles. The minimum Gasteiger partial charge on any atom is -0.444 e. The summed E-state index contributed by atoms with van der Waals surface area (Å²) in [5.74, 6) is 0.598. The molecule has 0 bridgehead atoms. The summed E-state index contributed by atoms with van der Waals surface area (Å²) < 4.78 is 12.1. The van der Waals surface area contributed by atoms with Crippen LogP contribution >= 0.6 is 0 Å². The van der Waals surface area contributed by atoms with Gasteiger partial charge in [-0.25, -0.2) is 4.79 Å². The molecule has 1 aliphatic carbocycles. The summed E-state index contributed by atoms with van der Waals surface area (Å²) >= 11 is 0. The van der Waals surface area contributed by atoms with E-state index < -0.39 is 17.6 Å². The van der Waals surface area contributed by atoms with E-state index in [9.17, 15) is 14.4 Å². The number of aryl methyl sites for hydroxylation is 2. The fourth-order valence-corrected chi connectivity index (χ4v) is 3.79. The van der Waals surface area contributed by atoms with Gasteiger partial charge in [-0.15, -0.1) is 10.2 Å². The lowest BCUT2D eigenvalue weighted by Gasteiger charge is -2.20. The van der Waals surface area contributed by atoms with E-state index in [4.69, 9.17) is 9.26 Å². The predicted octanol–water partition coefficient (Wildman–Crippen LogP) is 2.79. The predicted molar refractivity (Wildman–Crippen MR) is 139 cm³/mol. The number of fused-ring (bicyclic) bond motifs is 1. The number of carbonyl (C=O) groups is 3. The van der Waals surface area contributed by atoms with Crippen molar-refractivity contribution in [1.29, 1.82) is 0 Å². The number of ether oxygens (including phenoxy) is 1. The second-order valence-corrected chi connectivity index (χ2v) is 9.86. The topological polar surface area (TPSA) is 178 Å². The molecule has 0 radical (unpaired) electrons. The average Bonchev–Trinajstić information content (AvgIpc) is 3.49. The number of nitrogens with zero attached hydrogens (tertiary/aromatic N) is 6. The van der Waals surface area contributed by atoms with E-state index in [0.717, 1.165) is 5.57 Å². The molecule has 206 valence electrons. The molecule has 1 atom stereocenters. The Morgan fingerprint density at radius 3 is 2.79 bits per heavy atom. The minimum atomic E-state index is -0.658. The Labute approximate surface area is 224 Å². The fraction of sp³-hybridized carbons (Fsp3) is 0.440. The van der Waals surface area contributed by atoms with Gasteiger partial charge in [-0.3, -0.25) is 19.6 Å². The van der Waals surface area contributed by atoms with Crippen LogP contribution in [0.5, 0.6) is 0 Å². The number of allylic oxidation sites excluding steroid dienone is 3. The molecule has 3 amide bonds. The van der Waals surface area contributed by atoms with Crippen molar-refractivity contribution >= 4 is 23.7 Å². The third-order valence-electron chi connectivity index (χ3n) is 5.61. The molecule has 2 aliphatic rings. The molecule has 0 spiro atoms. The number of hydrogen-bond acceptors (Lipinski definition) is 10. The van der Waals surface area contributed by atoms with Crippen LogP contribution in [0.2, 0.25) is 0 Å². The maximum Gasteiger partial charge on any atom is 0.413 e. The van der Waals surface area contributed by atoms with Crippen molar-refractivity contribution in [2.75, 3.05) is 18.4 Å². The number of anilines is 1. The first-order chi connectivity index (χ1) is 18.6. The van der Waals surface area contributed by atoms with Gasteiger partial charge in [0.25, 0.3) is 5.91 Å². The normalized spacial score (nSPS) is 16.3. The number of hydrogen-bond donors (Lipinski definition) is 3. The molecule has 0 saturated heterocycles. The van der Waals surface area contributed by atoms with E-state index in [-0.39, 0.29) is 36.4 Å². The number of amides is 3. The Kier molecular flexibility index (Phi) is 8.32. The Balaban J connectivity index is 1.21. The number of nitrogens with one attached hydrogen (secondary N) is 3. The van der Waals surface area contributed by atoms with Gasteiger partial charge in [-0.2, -0.15) is 10.1 Å². The summed E-state index contributed by atoms with van der Waals surface area (Å²) in [6.07, 6.45) is 9.24. The molecule has 3 N–H and O–H groups in total. The summed E-state index contributed by atoms with van der Waals surface area (Å²) in [5, 5.41) is 24.5. The SMILES string of the molecule is Cn1ncc(-c2noc(CCC(=O)NCCCNC3=C4C=CC=CC4C(=O)N=N3)n2)c1NC(=O)OC(C)(C)C. The third kappa shape index (κ3) is 7.24. The van der Waals surface area contributed by atoms with Crippen LogP contribution in [-0.2, 0) is 27.8 Å². The van der Waals surface area contributed by atoms with E-state index in [0.29, 0.717) is 36.7 Å². The maximum absolute atomic E-state index is 12.3. The van der Waals surface area contributed by atoms with Crippen LogP contribution in [0.25, 0.3) is 11.4 Å². The summed E-state index contributed by atoms with van der Waals surface area (Å²) in [7, 11) is 1.66. The van der Waals surface area contributed by atoms with Crippen molar-refractivity contribution in [1.82, 2.24) is 30.6 Å². The Morgan fingerprint density at radius 1 is 1.18 bits per heavy atom. The Hall–Kier alpha value is -4.62. The van der Waals surface area contributed by atoms with Crippen molar-refractivity contribution in [3.8, 4) is 11.4 Å². The largest absolute Gasteiger partial charge is 0.444 e. The van der Waals surface area contributed by atoms with Gasteiger partial charge in [0.1, 0.15) is 11.4 Å². The van der Waals surface area contributed by atoms with Crippen LogP contribution < -0.4 is 16.0 Å². The highest BCUT2D eigenvalue weighted by Gasteiger charge is 2.27. The summed E-state index contributed by atoms with van der Waals surface area (Å²) in [5.41, 5.74) is 0.590. The third-order valence-corrected chi connectivity index (χ3v) is 5.61. The van der Waals surface area contributed by atoms with Crippen molar-refractivity contribution < 1.29 is 23.6 Å². The molecule has 2 aromatic rings. The molecule has 4 rings (SSSR count).